The van der Waals surface area contributed by atoms with Gasteiger partial charge in [0.1, 0.15) is 0 Å². The molecular formula is C7H10IN3. The highest BCUT2D eigenvalue weighted by Gasteiger charge is 2.19. The van der Waals surface area contributed by atoms with Crippen LogP contribution in [0.2, 0.25) is 0 Å². The first-order valence-electron chi connectivity index (χ1n) is 3.76. The largest absolute Gasteiger partial charge is 0.323 e. The van der Waals surface area contributed by atoms with Gasteiger partial charge in [-0.25, -0.2) is 0 Å². The van der Waals surface area contributed by atoms with Gasteiger partial charge in [-0.2, -0.15) is 5.10 Å². The number of halogens is 1. The summed E-state index contributed by atoms with van der Waals surface area (Å²) in [6.45, 7) is 1.03. The van der Waals surface area contributed by atoms with Crippen molar-refractivity contribution in [3.05, 3.63) is 15.5 Å². The monoisotopic (exact) mass is 263 g/mol. The van der Waals surface area contributed by atoms with E-state index in [2.05, 4.69) is 27.7 Å². The Balaban J connectivity index is 2.48. The highest BCUT2D eigenvalue weighted by atomic mass is 127. The van der Waals surface area contributed by atoms with E-state index in [1.54, 1.807) is 0 Å². The van der Waals surface area contributed by atoms with Gasteiger partial charge in [0.25, 0.3) is 0 Å². The predicted octanol–water partition coefficient (Wildman–Crippen LogP) is 1.28. The molecule has 3 nitrogen and oxygen atoms in total. The van der Waals surface area contributed by atoms with Crippen molar-refractivity contribution in [2.24, 2.45) is 5.73 Å². The van der Waals surface area contributed by atoms with Crippen molar-refractivity contribution in [3.8, 4) is 0 Å². The van der Waals surface area contributed by atoms with Crippen LogP contribution in [0.5, 0.6) is 0 Å². The van der Waals surface area contributed by atoms with E-state index < -0.39 is 0 Å². The van der Waals surface area contributed by atoms with Crippen molar-refractivity contribution in [3.63, 3.8) is 0 Å². The standard InChI is InChI=1S/C7H10IN3/c8-5-4-10-11-3-1-2-6(9)7(5)11/h4,6H,1-3,9H2. The van der Waals surface area contributed by atoms with Gasteiger partial charge in [-0.1, -0.05) is 0 Å². The molecule has 60 valence electrons. The normalized spacial score (nSPS) is 23.3. The molecule has 0 fully saturated rings. The summed E-state index contributed by atoms with van der Waals surface area (Å²) in [4.78, 5) is 0. The van der Waals surface area contributed by atoms with E-state index in [-0.39, 0.29) is 6.04 Å². The lowest BCUT2D eigenvalue weighted by Gasteiger charge is -2.20. The third kappa shape index (κ3) is 1.18. The molecule has 1 atom stereocenters. The topological polar surface area (TPSA) is 43.8 Å². The molecule has 1 aromatic rings. The second-order valence-electron chi connectivity index (χ2n) is 2.85. The number of fused-ring (bicyclic) bond motifs is 1. The molecule has 1 aliphatic heterocycles. The molecule has 1 unspecified atom stereocenters. The number of rotatable bonds is 0. The molecule has 0 aliphatic carbocycles. The lowest BCUT2D eigenvalue weighted by atomic mass is 10.1. The third-order valence-electron chi connectivity index (χ3n) is 2.07. The van der Waals surface area contributed by atoms with Crippen molar-refractivity contribution < 1.29 is 0 Å². The maximum absolute atomic E-state index is 5.93. The Morgan fingerprint density at radius 3 is 3.27 bits per heavy atom. The Bertz CT molecular complexity index is 269. The van der Waals surface area contributed by atoms with Gasteiger partial charge >= 0.3 is 0 Å². The Kier molecular flexibility index (Phi) is 1.88. The molecule has 2 rings (SSSR count). The number of hydrogen-bond acceptors (Lipinski definition) is 2. The van der Waals surface area contributed by atoms with Crippen LogP contribution in [0.3, 0.4) is 0 Å². The maximum atomic E-state index is 5.93. The van der Waals surface area contributed by atoms with Crippen molar-refractivity contribution in [2.75, 3.05) is 0 Å². The lowest BCUT2D eigenvalue weighted by molar-refractivity contribution is 0.429. The average molecular weight is 263 g/mol. The van der Waals surface area contributed by atoms with Crippen molar-refractivity contribution in [1.82, 2.24) is 9.78 Å². The van der Waals surface area contributed by atoms with Crippen LogP contribution in [0, 0.1) is 3.57 Å². The summed E-state index contributed by atoms with van der Waals surface area (Å²) >= 11 is 2.29. The van der Waals surface area contributed by atoms with Gasteiger partial charge in [-0.05, 0) is 35.4 Å². The molecule has 0 spiro atoms. The number of hydrogen-bond donors (Lipinski definition) is 1. The summed E-state index contributed by atoms with van der Waals surface area (Å²) in [7, 11) is 0. The Labute approximate surface area is 79.1 Å². The van der Waals surface area contributed by atoms with Gasteiger partial charge in [0.15, 0.2) is 0 Å². The van der Waals surface area contributed by atoms with Crippen molar-refractivity contribution in [1.29, 1.82) is 0 Å². The molecule has 4 heteroatoms. The van der Waals surface area contributed by atoms with E-state index in [4.69, 9.17) is 5.73 Å². The maximum Gasteiger partial charge on any atom is 0.0684 e. The van der Waals surface area contributed by atoms with Crippen LogP contribution in [0.4, 0.5) is 0 Å². The van der Waals surface area contributed by atoms with E-state index >= 15 is 0 Å². The Morgan fingerprint density at radius 1 is 1.73 bits per heavy atom. The first-order valence-corrected chi connectivity index (χ1v) is 4.83. The number of nitrogens with two attached hydrogens (primary N) is 1. The van der Waals surface area contributed by atoms with Gasteiger partial charge < -0.3 is 5.73 Å². The fourth-order valence-corrected chi connectivity index (χ4v) is 2.32. The summed E-state index contributed by atoms with van der Waals surface area (Å²) in [6.07, 6.45) is 4.15. The fourth-order valence-electron chi connectivity index (χ4n) is 1.52. The number of aromatic nitrogens is 2. The second kappa shape index (κ2) is 2.75. The van der Waals surface area contributed by atoms with Crippen LogP contribution in [0.25, 0.3) is 0 Å². The summed E-state index contributed by atoms with van der Waals surface area (Å²) in [6, 6.07) is 0.207. The zero-order valence-corrected chi connectivity index (χ0v) is 8.28. The highest BCUT2D eigenvalue weighted by Crippen LogP contribution is 2.25. The average Bonchev–Trinajstić information content (AvgIpc) is 2.34. The van der Waals surface area contributed by atoms with Gasteiger partial charge in [0, 0.05) is 12.6 Å². The van der Waals surface area contributed by atoms with Gasteiger partial charge in [0.2, 0.25) is 0 Å². The van der Waals surface area contributed by atoms with E-state index in [9.17, 15) is 0 Å². The summed E-state index contributed by atoms with van der Waals surface area (Å²) in [5.74, 6) is 0. The van der Waals surface area contributed by atoms with Gasteiger partial charge in [-0.15, -0.1) is 0 Å². The molecule has 0 amide bonds. The minimum atomic E-state index is 0.207. The SMILES string of the molecule is NC1CCCn2ncc(I)c21. The second-order valence-corrected chi connectivity index (χ2v) is 4.01. The van der Waals surface area contributed by atoms with Crippen LogP contribution in [0.15, 0.2) is 6.20 Å². The molecule has 1 aliphatic rings. The molecular weight excluding hydrogens is 253 g/mol. The van der Waals surface area contributed by atoms with E-state index in [0.717, 1.165) is 19.4 Å². The van der Waals surface area contributed by atoms with E-state index in [1.165, 1.54) is 9.26 Å². The van der Waals surface area contributed by atoms with Crippen LogP contribution in [-0.4, -0.2) is 9.78 Å². The molecule has 0 saturated heterocycles. The quantitative estimate of drug-likeness (QED) is 0.716. The van der Waals surface area contributed by atoms with E-state index in [1.807, 2.05) is 10.9 Å². The van der Waals surface area contributed by atoms with Crippen molar-refractivity contribution in [2.45, 2.75) is 25.4 Å². The minimum Gasteiger partial charge on any atom is -0.323 e. The zero-order chi connectivity index (χ0) is 7.84. The van der Waals surface area contributed by atoms with E-state index in [0.29, 0.717) is 0 Å². The predicted molar refractivity (Wildman–Crippen MR) is 51.1 cm³/mol. The van der Waals surface area contributed by atoms with Crippen LogP contribution < -0.4 is 5.73 Å². The van der Waals surface area contributed by atoms with Crippen LogP contribution >= 0.6 is 22.6 Å². The molecule has 11 heavy (non-hydrogen) atoms. The van der Waals surface area contributed by atoms with Crippen LogP contribution in [-0.2, 0) is 6.54 Å². The number of aryl methyl sites for hydroxylation is 1. The van der Waals surface area contributed by atoms with Gasteiger partial charge in [0.05, 0.1) is 15.5 Å². The van der Waals surface area contributed by atoms with Gasteiger partial charge in [-0.3, -0.25) is 4.68 Å². The molecule has 0 aromatic carbocycles. The zero-order valence-electron chi connectivity index (χ0n) is 6.13. The third-order valence-corrected chi connectivity index (χ3v) is 2.90. The molecule has 0 bridgehead atoms. The summed E-state index contributed by atoms with van der Waals surface area (Å²) in [5, 5.41) is 4.24. The fraction of sp³-hybridized carbons (Fsp3) is 0.571. The first-order chi connectivity index (χ1) is 5.29. The lowest BCUT2D eigenvalue weighted by Crippen LogP contribution is -2.22. The minimum absolute atomic E-state index is 0.207. The molecule has 0 saturated carbocycles. The summed E-state index contributed by atoms with van der Waals surface area (Å²) in [5.41, 5.74) is 7.15. The van der Waals surface area contributed by atoms with Crippen LogP contribution in [0.1, 0.15) is 24.6 Å². The summed E-state index contributed by atoms with van der Waals surface area (Å²) < 4.78 is 3.23. The highest BCUT2D eigenvalue weighted by molar-refractivity contribution is 14.1. The molecule has 0 radical (unpaired) electrons. The Morgan fingerprint density at radius 2 is 2.55 bits per heavy atom. The molecule has 2 N–H and O–H groups in total. The number of nitrogens with zero attached hydrogens (tertiary/aromatic N) is 2. The molecule has 1 aromatic heterocycles. The smallest absolute Gasteiger partial charge is 0.0684 e. The Hall–Kier alpha value is -0.100. The molecule has 2 heterocycles. The van der Waals surface area contributed by atoms with Crippen molar-refractivity contribution >= 4 is 22.6 Å². The first kappa shape index (κ1) is 7.54.